The number of nitrogens with one attached hydrogen (secondary N) is 2. The average Bonchev–Trinajstić information content (AvgIpc) is 2.44. The van der Waals surface area contributed by atoms with Crippen LogP contribution in [0.2, 0.25) is 0 Å². The normalized spacial score (nSPS) is 20.6. The van der Waals surface area contributed by atoms with Gasteiger partial charge in [-0.15, -0.1) is 11.7 Å². The van der Waals surface area contributed by atoms with Crippen LogP contribution in [0.4, 0.5) is 5.69 Å². The Hall–Kier alpha value is -1.95. The van der Waals surface area contributed by atoms with Gasteiger partial charge in [0.25, 0.3) is 5.91 Å². The van der Waals surface area contributed by atoms with Crippen LogP contribution in [-0.2, 0) is 4.79 Å². The highest BCUT2D eigenvalue weighted by Crippen LogP contribution is 2.34. The Bertz CT molecular complexity index is 557. The summed E-state index contributed by atoms with van der Waals surface area (Å²) in [6.07, 6.45) is 1.79. The van der Waals surface area contributed by atoms with E-state index in [0.717, 1.165) is 17.0 Å². The molecule has 1 aromatic carbocycles. The van der Waals surface area contributed by atoms with E-state index in [2.05, 4.69) is 22.3 Å². The van der Waals surface area contributed by atoms with Gasteiger partial charge in [-0.3, -0.25) is 9.80 Å². The van der Waals surface area contributed by atoms with E-state index in [9.17, 15) is 4.79 Å². The van der Waals surface area contributed by atoms with Crippen molar-refractivity contribution in [3.8, 4) is 0 Å². The zero-order valence-corrected chi connectivity index (χ0v) is 11.1. The van der Waals surface area contributed by atoms with Gasteiger partial charge in [-0.05, 0) is 6.07 Å². The number of rotatable bonds is 2. The van der Waals surface area contributed by atoms with Gasteiger partial charge >= 0.3 is 0 Å². The number of nitrogens with zero attached hydrogens (tertiary/aromatic N) is 2. The molecule has 2 aliphatic rings. The third-order valence-corrected chi connectivity index (χ3v) is 3.88. The number of benzene rings is 1. The van der Waals surface area contributed by atoms with Crippen LogP contribution in [-0.4, -0.2) is 28.5 Å². The number of thioether (sulfide) groups is 1. The molecule has 0 radical (unpaired) electrons. The number of amidine groups is 1. The van der Waals surface area contributed by atoms with E-state index in [1.807, 2.05) is 24.3 Å². The molecule has 1 atom stereocenters. The summed E-state index contributed by atoms with van der Waals surface area (Å²) in [4.78, 5) is 12.3. The fraction of sp³-hybridized carbons (Fsp3) is 0.231. The van der Waals surface area contributed by atoms with E-state index < -0.39 is 0 Å². The topological polar surface area (TPSA) is 56.7 Å². The Balaban J connectivity index is 1.91. The monoisotopic (exact) mass is 274 g/mol. The molecule has 98 valence electrons. The molecule has 1 aromatic rings. The summed E-state index contributed by atoms with van der Waals surface area (Å²) in [5.41, 5.74) is 1.96. The number of carbonyl (C=O) groups is 1. The lowest BCUT2D eigenvalue weighted by molar-refractivity contribution is -0.126. The van der Waals surface area contributed by atoms with Crippen molar-refractivity contribution in [2.45, 2.75) is 6.04 Å². The van der Waals surface area contributed by atoms with Crippen LogP contribution in [0.1, 0.15) is 11.6 Å². The molecule has 3 rings (SSSR count). The van der Waals surface area contributed by atoms with E-state index in [1.54, 1.807) is 11.1 Å². The quantitative estimate of drug-likeness (QED) is 0.807. The van der Waals surface area contributed by atoms with Gasteiger partial charge in [0.05, 0.1) is 0 Å². The number of para-hydroxylation sites is 1. The second-order valence-corrected chi connectivity index (χ2v) is 5.27. The van der Waals surface area contributed by atoms with Crippen molar-refractivity contribution in [1.82, 2.24) is 10.3 Å². The second-order valence-electron chi connectivity index (χ2n) is 4.26. The van der Waals surface area contributed by atoms with Gasteiger partial charge in [-0.25, -0.2) is 0 Å². The number of hydrazone groups is 1. The summed E-state index contributed by atoms with van der Waals surface area (Å²) in [7, 11) is 0. The van der Waals surface area contributed by atoms with Gasteiger partial charge in [0.2, 0.25) is 0 Å². The lowest BCUT2D eigenvalue weighted by Crippen LogP contribution is -2.49. The maximum absolute atomic E-state index is 12.3. The summed E-state index contributed by atoms with van der Waals surface area (Å²) >= 11 is 1.47. The number of fused-ring (bicyclic) bond motifs is 3. The van der Waals surface area contributed by atoms with E-state index in [4.69, 9.17) is 0 Å². The van der Waals surface area contributed by atoms with Crippen LogP contribution >= 0.6 is 11.8 Å². The Morgan fingerprint density at radius 2 is 2.37 bits per heavy atom. The molecular weight excluding hydrogens is 260 g/mol. The SMILES string of the molecule is C=CCSC1=NN2CNc3ccccc3C2C(=O)N1. The third-order valence-electron chi connectivity index (χ3n) is 3.02. The molecule has 2 aliphatic heterocycles. The minimum absolute atomic E-state index is 0.0319. The Morgan fingerprint density at radius 1 is 1.53 bits per heavy atom. The standard InChI is InChI=1S/C13H14N4OS/c1-2-7-19-13-15-12(18)11-9-5-3-4-6-10(9)14-8-17(11)16-13/h2-6,11,14H,1,7-8H2,(H,15,16,18). The molecule has 0 saturated heterocycles. The van der Waals surface area contributed by atoms with Crippen LogP contribution in [0.15, 0.2) is 42.0 Å². The first-order chi connectivity index (χ1) is 9.29. The van der Waals surface area contributed by atoms with Gasteiger partial charge in [-0.2, -0.15) is 0 Å². The minimum atomic E-state index is -0.342. The maximum atomic E-state index is 12.3. The maximum Gasteiger partial charge on any atom is 0.255 e. The second kappa shape index (κ2) is 4.97. The summed E-state index contributed by atoms with van der Waals surface area (Å²) in [6, 6.07) is 7.48. The molecule has 0 fully saturated rings. The number of carbonyl (C=O) groups excluding carboxylic acids is 1. The van der Waals surface area contributed by atoms with Crippen molar-refractivity contribution < 1.29 is 4.79 Å². The van der Waals surface area contributed by atoms with Crippen LogP contribution < -0.4 is 10.6 Å². The first kappa shape index (κ1) is 12.1. The molecular formula is C13H14N4OS. The van der Waals surface area contributed by atoms with Gasteiger partial charge < -0.3 is 10.6 Å². The molecule has 1 amide bonds. The zero-order valence-electron chi connectivity index (χ0n) is 10.3. The third kappa shape index (κ3) is 2.19. The number of hydrogen-bond donors (Lipinski definition) is 2. The first-order valence-corrected chi connectivity index (χ1v) is 7.01. The largest absolute Gasteiger partial charge is 0.366 e. The molecule has 5 nitrogen and oxygen atoms in total. The molecule has 19 heavy (non-hydrogen) atoms. The average molecular weight is 274 g/mol. The van der Waals surface area contributed by atoms with Gasteiger partial charge in [0, 0.05) is 17.0 Å². The predicted octanol–water partition coefficient (Wildman–Crippen LogP) is 1.73. The predicted molar refractivity (Wildman–Crippen MR) is 77.7 cm³/mol. The van der Waals surface area contributed by atoms with Crippen molar-refractivity contribution in [2.24, 2.45) is 5.10 Å². The van der Waals surface area contributed by atoms with Crippen molar-refractivity contribution in [3.63, 3.8) is 0 Å². The van der Waals surface area contributed by atoms with Gasteiger partial charge in [-0.1, -0.05) is 36.0 Å². The van der Waals surface area contributed by atoms with E-state index in [0.29, 0.717) is 11.8 Å². The van der Waals surface area contributed by atoms with Gasteiger partial charge in [0.15, 0.2) is 11.2 Å². The Morgan fingerprint density at radius 3 is 3.21 bits per heavy atom. The summed E-state index contributed by atoms with van der Waals surface area (Å²) in [6.45, 7) is 4.20. The van der Waals surface area contributed by atoms with E-state index in [1.165, 1.54) is 11.8 Å². The van der Waals surface area contributed by atoms with Crippen molar-refractivity contribution in [1.29, 1.82) is 0 Å². The fourth-order valence-electron chi connectivity index (χ4n) is 2.20. The van der Waals surface area contributed by atoms with Gasteiger partial charge in [0.1, 0.15) is 6.67 Å². The lowest BCUT2D eigenvalue weighted by atomic mass is 10.0. The zero-order chi connectivity index (χ0) is 13.2. The van der Waals surface area contributed by atoms with Crippen molar-refractivity contribution >= 4 is 28.5 Å². The molecule has 2 heterocycles. The molecule has 0 aromatic heterocycles. The smallest absolute Gasteiger partial charge is 0.255 e. The van der Waals surface area contributed by atoms with E-state index in [-0.39, 0.29) is 11.9 Å². The highest BCUT2D eigenvalue weighted by molar-refractivity contribution is 8.14. The van der Waals surface area contributed by atoms with Crippen molar-refractivity contribution in [3.05, 3.63) is 42.5 Å². The van der Waals surface area contributed by atoms with Crippen LogP contribution in [0.3, 0.4) is 0 Å². The van der Waals surface area contributed by atoms with Crippen LogP contribution in [0.5, 0.6) is 0 Å². The summed E-state index contributed by atoms with van der Waals surface area (Å²) in [5.74, 6) is 0.692. The fourth-order valence-corrected chi connectivity index (χ4v) is 2.81. The highest BCUT2D eigenvalue weighted by atomic mass is 32.2. The molecule has 0 bridgehead atoms. The van der Waals surface area contributed by atoms with E-state index >= 15 is 0 Å². The van der Waals surface area contributed by atoms with Crippen LogP contribution in [0, 0.1) is 0 Å². The number of amides is 1. The molecule has 0 aliphatic carbocycles. The highest BCUT2D eigenvalue weighted by Gasteiger charge is 2.36. The Kier molecular flexibility index (Phi) is 3.16. The summed E-state index contributed by atoms with van der Waals surface area (Å²) < 4.78 is 0. The summed E-state index contributed by atoms with van der Waals surface area (Å²) in [5, 5.41) is 13.0. The minimum Gasteiger partial charge on any atom is -0.366 e. The molecule has 0 saturated carbocycles. The first-order valence-electron chi connectivity index (χ1n) is 6.02. The lowest BCUT2D eigenvalue weighted by Gasteiger charge is -2.37. The number of hydrogen-bond acceptors (Lipinski definition) is 5. The van der Waals surface area contributed by atoms with Crippen LogP contribution in [0.25, 0.3) is 0 Å². The molecule has 0 spiro atoms. The number of anilines is 1. The molecule has 2 N–H and O–H groups in total. The molecule has 6 heteroatoms. The molecule has 1 unspecified atom stereocenters. The Labute approximate surface area is 115 Å². The van der Waals surface area contributed by atoms with Crippen molar-refractivity contribution in [2.75, 3.05) is 17.7 Å².